The van der Waals surface area contributed by atoms with Gasteiger partial charge >= 0.3 is 0 Å². The van der Waals surface area contributed by atoms with Crippen LogP contribution in [0, 0.1) is 0 Å². The van der Waals surface area contributed by atoms with Crippen molar-refractivity contribution in [3.05, 3.63) is 29.8 Å². The van der Waals surface area contributed by atoms with Gasteiger partial charge in [-0.3, -0.25) is 4.79 Å². The van der Waals surface area contributed by atoms with Crippen LogP contribution in [0.5, 0.6) is 0 Å². The summed E-state index contributed by atoms with van der Waals surface area (Å²) in [6.45, 7) is 5.92. The maximum atomic E-state index is 12.1. The molecule has 1 fully saturated rings. The van der Waals surface area contributed by atoms with Crippen molar-refractivity contribution in [2.24, 2.45) is 4.99 Å². The van der Waals surface area contributed by atoms with Gasteiger partial charge < -0.3 is 16.0 Å². The highest BCUT2D eigenvalue weighted by Gasteiger charge is 2.15. The van der Waals surface area contributed by atoms with Crippen LogP contribution in [0.2, 0.25) is 0 Å². The quantitative estimate of drug-likeness (QED) is 0.321. The summed E-state index contributed by atoms with van der Waals surface area (Å²) in [5, 5.41) is 10.1. The first-order valence-corrected chi connectivity index (χ1v) is 9.78. The number of carbonyl (C=O) groups is 1. The number of hydrogen-bond acceptors (Lipinski definition) is 3. The fourth-order valence-electron chi connectivity index (χ4n) is 2.58. The van der Waals surface area contributed by atoms with Crippen molar-refractivity contribution in [3.63, 3.8) is 0 Å². The Morgan fingerprint density at radius 1 is 1.32 bits per heavy atom. The van der Waals surface area contributed by atoms with E-state index in [1.807, 2.05) is 36.9 Å². The zero-order valence-electron chi connectivity index (χ0n) is 15.0. The third-order valence-electron chi connectivity index (χ3n) is 3.87. The number of hydrogen-bond donors (Lipinski definition) is 3. The summed E-state index contributed by atoms with van der Waals surface area (Å²) >= 11 is 2.01. The number of aliphatic imine (C=N–C) groups is 1. The maximum absolute atomic E-state index is 12.1. The number of nitrogens with one attached hydrogen (secondary N) is 3. The van der Waals surface area contributed by atoms with E-state index >= 15 is 0 Å². The van der Waals surface area contributed by atoms with Crippen molar-refractivity contribution >= 4 is 53.3 Å². The molecule has 1 heterocycles. The second-order valence-electron chi connectivity index (χ2n) is 5.81. The van der Waals surface area contributed by atoms with Crippen LogP contribution in [0.25, 0.3) is 0 Å². The summed E-state index contributed by atoms with van der Waals surface area (Å²) in [7, 11) is 0. The number of aryl methyl sites for hydroxylation is 1. The van der Waals surface area contributed by atoms with Gasteiger partial charge in [0.25, 0.3) is 0 Å². The topological polar surface area (TPSA) is 65.5 Å². The molecule has 140 valence electrons. The molecule has 1 amide bonds. The third kappa shape index (κ3) is 8.31. The van der Waals surface area contributed by atoms with Gasteiger partial charge in [-0.05, 0) is 49.6 Å². The average Bonchev–Trinajstić information content (AvgIpc) is 3.11. The van der Waals surface area contributed by atoms with Gasteiger partial charge in [-0.1, -0.05) is 19.1 Å². The zero-order chi connectivity index (χ0) is 17.2. The van der Waals surface area contributed by atoms with E-state index in [2.05, 4.69) is 33.9 Å². The Bertz CT molecular complexity index is 562. The number of rotatable bonds is 7. The zero-order valence-corrected chi connectivity index (χ0v) is 18.2. The minimum Gasteiger partial charge on any atom is -0.357 e. The minimum absolute atomic E-state index is 0. The SMILES string of the molecule is CCNC(=NCC(=O)Nc1cccc(CC)c1)NCC1CCCS1.I. The van der Waals surface area contributed by atoms with Gasteiger partial charge in [-0.25, -0.2) is 4.99 Å². The molecule has 0 saturated carbocycles. The molecule has 1 aromatic rings. The normalized spacial score (nSPS) is 16.9. The lowest BCUT2D eigenvalue weighted by Gasteiger charge is -2.14. The van der Waals surface area contributed by atoms with Gasteiger partial charge in [-0.15, -0.1) is 24.0 Å². The van der Waals surface area contributed by atoms with E-state index < -0.39 is 0 Å². The second-order valence-corrected chi connectivity index (χ2v) is 7.22. The van der Waals surface area contributed by atoms with Crippen molar-refractivity contribution < 1.29 is 4.79 Å². The van der Waals surface area contributed by atoms with E-state index in [0.29, 0.717) is 11.2 Å². The van der Waals surface area contributed by atoms with Gasteiger partial charge in [0.2, 0.25) is 5.91 Å². The van der Waals surface area contributed by atoms with Crippen LogP contribution in [0.4, 0.5) is 5.69 Å². The summed E-state index contributed by atoms with van der Waals surface area (Å²) in [6, 6.07) is 7.93. The molecule has 0 aliphatic carbocycles. The first-order valence-electron chi connectivity index (χ1n) is 8.73. The summed E-state index contributed by atoms with van der Waals surface area (Å²) in [5.74, 6) is 1.86. The summed E-state index contributed by atoms with van der Waals surface area (Å²) in [5.41, 5.74) is 2.04. The Kier molecular flexibility index (Phi) is 11.0. The molecule has 5 nitrogen and oxygen atoms in total. The molecular formula is C18H29IN4OS. The molecule has 1 atom stereocenters. The highest BCUT2D eigenvalue weighted by Crippen LogP contribution is 2.25. The summed E-state index contributed by atoms with van der Waals surface area (Å²) < 4.78 is 0. The van der Waals surface area contributed by atoms with Crippen molar-refractivity contribution in [1.82, 2.24) is 10.6 Å². The summed E-state index contributed by atoms with van der Waals surface area (Å²) in [6.07, 6.45) is 3.50. The van der Waals surface area contributed by atoms with Crippen molar-refractivity contribution in [2.45, 2.75) is 38.4 Å². The number of amides is 1. The molecule has 3 N–H and O–H groups in total. The molecule has 25 heavy (non-hydrogen) atoms. The molecule has 1 unspecified atom stereocenters. The van der Waals surface area contributed by atoms with Crippen molar-refractivity contribution in [3.8, 4) is 0 Å². The Labute approximate surface area is 172 Å². The molecule has 0 spiro atoms. The third-order valence-corrected chi connectivity index (χ3v) is 5.26. The number of carbonyl (C=O) groups excluding carboxylic acids is 1. The lowest BCUT2D eigenvalue weighted by Crippen LogP contribution is -2.40. The van der Waals surface area contributed by atoms with E-state index in [-0.39, 0.29) is 36.4 Å². The average molecular weight is 476 g/mol. The highest BCUT2D eigenvalue weighted by atomic mass is 127. The Hall–Kier alpha value is -0.960. The standard InChI is InChI=1S/C18H28N4OS.HI/c1-3-14-7-5-8-15(11-14)22-17(23)13-21-18(19-4-2)20-12-16-9-6-10-24-16;/h5,7-8,11,16H,3-4,6,9-10,12-13H2,1-2H3,(H,22,23)(H2,19,20,21);1H. The first kappa shape index (κ1) is 22.1. The maximum Gasteiger partial charge on any atom is 0.246 e. The van der Waals surface area contributed by atoms with Gasteiger partial charge in [-0.2, -0.15) is 11.8 Å². The Morgan fingerprint density at radius 3 is 2.84 bits per heavy atom. The van der Waals surface area contributed by atoms with Gasteiger partial charge in [0.05, 0.1) is 0 Å². The predicted molar refractivity (Wildman–Crippen MR) is 119 cm³/mol. The molecule has 1 aliphatic rings. The largest absolute Gasteiger partial charge is 0.357 e. The van der Waals surface area contributed by atoms with Crippen molar-refractivity contribution in [1.29, 1.82) is 0 Å². The van der Waals surface area contributed by atoms with Crippen LogP contribution >= 0.6 is 35.7 Å². The van der Waals surface area contributed by atoms with E-state index in [9.17, 15) is 4.79 Å². The van der Waals surface area contributed by atoms with Crippen LogP contribution in [-0.2, 0) is 11.2 Å². The number of guanidine groups is 1. The van der Waals surface area contributed by atoms with E-state index in [4.69, 9.17) is 0 Å². The minimum atomic E-state index is -0.101. The number of halogens is 1. The molecule has 1 saturated heterocycles. The number of benzene rings is 1. The molecule has 0 aromatic heterocycles. The van der Waals surface area contributed by atoms with E-state index in [0.717, 1.165) is 25.2 Å². The smallest absolute Gasteiger partial charge is 0.246 e. The van der Waals surface area contributed by atoms with Crippen LogP contribution in [0.3, 0.4) is 0 Å². The van der Waals surface area contributed by atoms with Gasteiger partial charge in [0.15, 0.2) is 5.96 Å². The first-order chi connectivity index (χ1) is 11.7. The molecule has 0 radical (unpaired) electrons. The lowest BCUT2D eigenvalue weighted by atomic mass is 10.1. The van der Waals surface area contributed by atoms with Gasteiger partial charge in [0.1, 0.15) is 6.54 Å². The van der Waals surface area contributed by atoms with Crippen LogP contribution in [0.15, 0.2) is 29.3 Å². The molecule has 1 aliphatic heterocycles. The molecule has 7 heteroatoms. The fourth-order valence-corrected chi connectivity index (χ4v) is 3.78. The fraction of sp³-hybridized carbons (Fsp3) is 0.556. The molecule has 1 aromatic carbocycles. The van der Waals surface area contributed by atoms with Crippen LogP contribution < -0.4 is 16.0 Å². The number of thioether (sulfide) groups is 1. The lowest BCUT2D eigenvalue weighted by molar-refractivity contribution is -0.114. The predicted octanol–water partition coefficient (Wildman–Crippen LogP) is 3.26. The monoisotopic (exact) mass is 476 g/mol. The summed E-state index contributed by atoms with van der Waals surface area (Å²) in [4.78, 5) is 16.5. The Morgan fingerprint density at radius 2 is 2.16 bits per heavy atom. The molecular weight excluding hydrogens is 447 g/mol. The van der Waals surface area contributed by atoms with Gasteiger partial charge in [0, 0.05) is 24.0 Å². The van der Waals surface area contributed by atoms with Crippen LogP contribution in [-0.4, -0.2) is 42.5 Å². The molecule has 0 bridgehead atoms. The second kappa shape index (κ2) is 12.4. The van der Waals surface area contributed by atoms with Crippen molar-refractivity contribution in [2.75, 3.05) is 30.7 Å². The highest BCUT2D eigenvalue weighted by molar-refractivity contribution is 14.0. The van der Waals surface area contributed by atoms with E-state index in [1.54, 1.807) is 0 Å². The van der Waals surface area contributed by atoms with E-state index in [1.165, 1.54) is 24.2 Å². The van der Waals surface area contributed by atoms with Crippen LogP contribution in [0.1, 0.15) is 32.3 Å². The number of anilines is 1. The Balaban J connectivity index is 0.00000312. The number of nitrogens with zero attached hydrogens (tertiary/aromatic N) is 1. The molecule has 2 rings (SSSR count).